The standard InChI is InChI=1S/C13H13ClO2/c1-8-7-10(14)3-4-11(8)13-6-5-12(16-13)9(2)15/h3-7,9,15H,1-2H3. The van der Waals surface area contributed by atoms with Crippen LogP contribution in [0.2, 0.25) is 5.02 Å². The second-order valence-electron chi connectivity index (χ2n) is 3.84. The van der Waals surface area contributed by atoms with Gasteiger partial charge in [0.2, 0.25) is 0 Å². The first-order chi connectivity index (χ1) is 7.58. The Morgan fingerprint density at radius 1 is 1.25 bits per heavy atom. The van der Waals surface area contributed by atoms with E-state index in [-0.39, 0.29) is 0 Å². The number of halogens is 1. The van der Waals surface area contributed by atoms with Crippen molar-refractivity contribution in [3.05, 3.63) is 46.7 Å². The van der Waals surface area contributed by atoms with Crippen LogP contribution < -0.4 is 0 Å². The van der Waals surface area contributed by atoms with Gasteiger partial charge in [0.15, 0.2) is 0 Å². The highest BCUT2D eigenvalue weighted by molar-refractivity contribution is 6.30. The molecule has 0 fully saturated rings. The van der Waals surface area contributed by atoms with E-state index in [2.05, 4.69) is 0 Å². The Morgan fingerprint density at radius 3 is 2.56 bits per heavy atom. The molecule has 84 valence electrons. The minimum Gasteiger partial charge on any atom is -0.458 e. The molecule has 1 aromatic carbocycles. The Kier molecular flexibility index (Phi) is 3.03. The topological polar surface area (TPSA) is 33.4 Å². The Morgan fingerprint density at radius 2 is 2.00 bits per heavy atom. The number of aliphatic hydroxyl groups excluding tert-OH is 1. The van der Waals surface area contributed by atoms with Crippen molar-refractivity contribution < 1.29 is 9.52 Å². The fraction of sp³-hybridized carbons (Fsp3) is 0.231. The van der Waals surface area contributed by atoms with Crippen LogP contribution in [-0.2, 0) is 0 Å². The molecule has 0 amide bonds. The predicted octanol–water partition coefficient (Wildman–Crippen LogP) is 3.96. The Balaban J connectivity index is 2.42. The van der Waals surface area contributed by atoms with Gasteiger partial charge in [0.1, 0.15) is 17.6 Å². The molecular weight excluding hydrogens is 224 g/mol. The average Bonchev–Trinajstić information content (AvgIpc) is 2.66. The van der Waals surface area contributed by atoms with Gasteiger partial charge < -0.3 is 9.52 Å². The maximum Gasteiger partial charge on any atom is 0.134 e. The van der Waals surface area contributed by atoms with Crippen molar-refractivity contribution >= 4 is 11.6 Å². The highest BCUT2D eigenvalue weighted by Crippen LogP contribution is 2.29. The van der Waals surface area contributed by atoms with Crippen molar-refractivity contribution in [1.29, 1.82) is 0 Å². The van der Waals surface area contributed by atoms with E-state index in [4.69, 9.17) is 16.0 Å². The van der Waals surface area contributed by atoms with Crippen LogP contribution in [0.3, 0.4) is 0 Å². The molecule has 2 aromatic rings. The first kappa shape index (κ1) is 11.2. The lowest BCUT2D eigenvalue weighted by Gasteiger charge is -2.03. The molecule has 0 bridgehead atoms. The minimum atomic E-state index is -0.582. The second-order valence-corrected chi connectivity index (χ2v) is 4.27. The SMILES string of the molecule is Cc1cc(Cl)ccc1-c1ccc(C(C)O)o1. The van der Waals surface area contributed by atoms with Gasteiger partial charge in [-0.2, -0.15) is 0 Å². The van der Waals surface area contributed by atoms with E-state index in [0.717, 1.165) is 16.9 Å². The van der Waals surface area contributed by atoms with Crippen LogP contribution in [0.5, 0.6) is 0 Å². The van der Waals surface area contributed by atoms with Gasteiger partial charge in [0.05, 0.1) is 0 Å². The van der Waals surface area contributed by atoms with Gasteiger partial charge in [-0.1, -0.05) is 11.6 Å². The monoisotopic (exact) mass is 236 g/mol. The van der Waals surface area contributed by atoms with Gasteiger partial charge >= 0.3 is 0 Å². The van der Waals surface area contributed by atoms with Crippen LogP contribution in [0, 0.1) is 6.92 Å². The van der Waals surface area contributed by atoms with Crippen molar-refractivity contribution in [3.63, 3.8) is 0 Å². The molecule has 1 unspecified atom stereocenters. The smallest absolute Gasteiger partial charge is 0.134 e. The fourth-order valence-corrected chi connectivity index (χ4v) is 1.85. The first-order valence-corrected chi connectivity index (χ1v) is 5.50. The molecule has 0 saturated carbocycles. The van der Waals surface area contributed by atoms with Gasteiger partial charge in [0, 0.05) is 10.6 Å². The van der Waals surface area contributed by atoms with Crippen molar-refractivity contribution in [2.24, 2.45) is 0 Å². The summed E-state index contributed by atoms with van der Waals surface area (Å²) in [6.07, 6.45) is -0.582. The van der Waals surface area contributed by atoms with E-state index in [9.17, 15) is 5.11 Å². The van der Waals surface area contributed by atoms with Crippen molar-refractivity contribution in [3.8, 4) is 11.3 Å². The van der Waals surface area contributed by atoms with E-state index in [0.29, 0.717) is 10.8 Å². The summed E-state index contributed by atoms with van der Waals surface area (Å²) in [4.78, 5) is 0. The summed E-state index contributed by atoms with van der Waals surface area (Å²) in [5.41, 5.74) is 2.05. The highest BCUT2D eigenvalue weighted by Gasteiger charge is 2.10. The summed E-state index contributed by atoms with van der Waals surface area (Å²) in [6, 6.07) is 9.28. The minimum absolute atomic E-state index is 0.573. The van der Waals surface area contributed by atoms with Crippen molar-refractivity contribution in [2.45, 2.75) is 20.0 Å². The van der Waals surface area contributed by atoms with Crippen LogP contribution in [0.1, 0.15) is 24.4 Å². The van der Waals surface area contributed by atoms with E-state index in [1.807, 2.05) is 31.2 Å². The Hall–Kier alpha value is -1.25. The molecule has 2 nitrogen and oxygen atoms in total. The van der Waals surface area contributed by atoms with Crippen LogP contribution in [0.25, 0.3) is 11.3 Å². The predicted molar refractivity (Wildman–Crippen MR) is 64.5 cm³/mol. The molecule has 0 spiro atoms. The number of aryl methyl sites for hydroxylation is 1. The lowest BCUT2D eigenvalue weighted by molar-refractivity contribution is 0.170. The van der Waals surface area contributed by atoms with Gasteiger partial charge in [-0.15, -0.1) is 0 Å². The van der Waals surface area contributed by atoms with E-state index >= 15 is 0 Å². The average molecular weight is 237 g/mol. The number of benzene rings is 1. The number of aliphatic hydroxyl groups is 1. The third-order valence-electron chi connectivity index (χ3n) is 2.49. The van der Waals surface area contributed by atoms with Crippen molar-refractivity contribution in [2.75, 3.05) is 0 Å². The molecule has 1 N–H and O–H groups in total. The van der Waals surface area contributed by atoms with E-state index in [1.165, 1.54) is 0 Å². The summed E-state index contributed by atoms with van der Waals surface area (Å²) in [6.45, 7) is 3.66. The summed E-state index contributed by atoms with van der Waals surface area (Å²) in [5.74, 6) is 1.33. The zero-order valence-corrected chi connectivity index (χ0v) is 9.95. The lowest BCUT2D eigenvalue weighted by Crippen LogP contribution is -1.86. The van der Waals surface area contributed by atoms with E-state index in [1.54, 1.807) is 13.0 Å². The molecule has 0 aliphatic rings. The van der Waals surface area contributed by atoms with Crippen LogP contribution in [0.15, 0.2) is 34.7 Å². The molecule has 1 heterocycles. The number of hydrogen-bond acceptors (Lipinski definition) is 2. The molecule has 1 aromatic heterocycles. The summed E-state index contributed by atoms with van der Waals surface area (Å²) >= 11 is 5.89. The molecule has 0 radical (unpaired) electrons. The second kappa shape index (κ2) is 4.32. The van der Waals surface area contributed by atoms with Crippen LogP contribution >= 0.6 is 11.6 Å². The van der Waals surface area contributed by atoms with Crippen molar-refractivity contribution in [1.82, 2.24) is 0 Å². The number of rotatable bonds is 2. The lowest BCUT2D eigenvalue weighted by atomic mass is 10.1. The maximum absolute atomic E-state index is 9.38. The molecule has 16 heavy (non-hydrogen) atoms. The molecule has 0 aliphatic carbocycles. The summed E-state index contributed by atoms with van der Waals surface area (Å²) in [5, 5.41) is 10.1. The van der Waals surface area contributed by atoms with Gasteiger partial charge in [-0.05, 0) is 49.7 Å². The molecule has 3 heteroatoms. The highest BCUT2D eigenvalue weighted by atomic mass is 35.5. The van der Waals surface area contributed by atoms with E-state index < -0.39 is 6.10 Å². The fourth-order valence-electron chi connectivity index (χ4n) is 1.63. The van der Waals surface area contributed by atoms with Gasteiger partial charge in [-0.25, -0.2) is 0 Å². The largest absolute Gasteiger partial charge is 0.458 e. The first-order valence-electron chi connectivity index (χ1n) is 5.12. The maximum atomic E-state index is 9.38. The normalized spacial score (nSPS) is 12.8. The Bertz CT molecular complexity index is 500. The molecular formula is C13H13ClO2. The third-order valence-corrected chi connectivity index (χ3v) is 2.73. The Labute approximate surface area is 99.5 Å². The molecule has 1 atom stereocenters. The molecule has 2 rings (SSSR count). The zero-order chi connectivity index (χ0) is 11.7. The quantitative estimate of drug-likeness (QED) is 0.856. The molecule has 0 aliphatic heterocycles. The van der Waals surface area contributed by atoms with Crippen LogP contribution in [-0.4, -0.2) is 5.11 Å². The van der Waals surface area contributed by atoms with Gasteiger partial charge in [0.25, 0.3) is 0 Å². The summed E-state index contributed by atoms with van der Waals surface area (Å²) < 4.78 is 5.56. The third kappa shape index (κ3) is 2.13. The van der Waals surface area contributed by atoms with Crippen LogP contribution in [0.4, 0.5) is 0 Å². The zero-order valence-electron chi connectivity index (χ0n) is 9.20. The summed E-state index contributed by atoms with van der Waals surface area (Å²) in [7, 11) is 0. The molecule has 0 saturated heterocycles. The number of hydrogen-bond donors (Lipinski definition) is 1. The number of furan rings is 1. The van der Waals surface area contributed by atoms with Gasteiger partial charge in [-0.3, -0.25) is 0 Å².